The van der Waals surface area contributed by atoms with Crippen LogP contribution < -0.4 is 5.32 Å². The molecule has 0 radical (unpaired) electrons. The molecule has 1 aromatic carbocycles. The quantitative estimate of drug-likeness (QED) is 0.505. The van der Waals surface area contributed by atoms with Gasteiger partial charge in [0.1, 0.15) is 0 Å². The number of nitrogens with zero attached hydrogens (tertiary/aromatic N) is 1. The van der Waals surface area contributed by atoms with Gasteiger partial charge in [-0.2, -0.15) is 0 Å². The third-order valence-electron chi connectivity index (χ3n) is 7.27. The minimum atomic E-state index is 0.440. The van der Waals surface area contributed by atoms with Crippen LogP contribution in [-0.2, 0) is 0 Å². The van der Waals surface area contributed by atoms with Crippen molar-refractivity contribution in [1.29, 1.82) is 0 Å². The lowest BCUT2D eigenvalue weighted by Crippen LogP contribution is -2.45. The summed E-state index contributed by atoms with van der Waals surface area (Å²) in [6.45, 7) is 10.3. The number of hydrogen-bond donors (Lipinski definition) is 1. The average molecular weight is 397 g/mol. The maximum atomic E-state index is 5.19. The summed E-state index contributed by atoms with van der Waals surface area (Å²) in [6.07, 6.45) is 16.5. The summed E-state index contributed by atoms with van der Waals surface area (Å²) in [6, 6.07) is 7.19. The minimum absolute atomic E-state index is 0.440. The normalized spacial score (nSPS) is 25.3. The molecule has 2 atom stereocenters. The van der Waals surface area contributed by atoms with E-state index in [9.17, 15) is 0 Å². The molecule has 0 spiro atoms. The number of piperidine rings is 1. The highest BCUT2D eigenvalue weighted by Crippen LogP contribution is 2.36. The fraction of sp³-hybridized carbons (Fsp3) is 0.741. The lowest BCUT2D eigenvalue weighted by Gasteiger charge is -2.36. The third-order valence-corrected chi connectivity index (χ3v) is 7.27. The van der Waals surface area contributed by atoms with Gasteiger partial charge < -0.3 is 5.32 Å². The van der Waals surface area contributed by atoms with Crippen molar-refractivity contribution in [1.82, 2.24) is 5.32 Å². The number of benzene rings is 1. The molecule has 162 valence electrons. The molecule has 1 heterocycles. The maximum absolute atomic E-state index is 5.19. The highest BCUT2D eigenvalue weighted by molar-refractivity contribution is 5.72. The SMILES string of the molecule is CC(C)c1cccc(C(C)C)c1N=CC1NCCCC1C1CCCCCCCC1. The van der Waals surface area contributed by atoms with Crippen molar-refractivity contribution in [3.05, 3.63) is 29.3 Å². The number of nitrogens with one attached hydrogen (secondary N) is 1. The van der Waals surface area contributed by atoms with Crippen molar-refractivity contribution < 1.29 is 0 Å². The molecule has 0 bridgehead atoms. The smallest absolute Gasteiger partial charge is 0.0695 e. The molecular formula is C27H44N2. The van der Waals surface area contributed by atoms with E-state index in [1.807, 2.05) is 0 Å². The molecule has 1 aromatic rings. The van der Waals surface area contributed by atoms with Gasteiger partial charge in [0.2, 0.25) is 0 Å². The summed E-state index contributed by atoms with van der Waals surface area (Å²) < 4.78 is 0. The lowest BCUT2D eigenvalue weighted by molar-refractivity contribution is 0.209. The van der Waals surface area contributed by atoms with E-state index in [0.717, 1.165) is 18.4 Å². The second-order valence-electron chi connectivity index (χ2n) is 10.1. The molecule has 1 aliphatic heterocycles. The number of aliphatic imine (C=N–C) groups is 1. The van der Waals surface area contributed by atoms with Crippen molar-refractivity contribution in [2.75, 3.05) is 6.54 Å². The van der Waals surface area contributed by atoms with Gasteiger partial charge in [-0.25, -0.2) is 0 Å². The Hall–Kier alpha value is -1.15. The van der Waals surface area contributed by atoms with Crippen LogP contribution in [0.15, 0.2) is 23.2 Å². The topological polar surface area (TPSA) is 24.4 Å². The number of hydrogen-bond acceptors (Lipinski definition) is 2. The van der Waals surface area contributed by atoms with E-state index in [1.54, 1.807) is 0 Å². The molecule has 2 fully saturated rings. The second kappa shape index (κ2) is 11.3. The zero-order valence-electron chi connectivity index (χ0n) is 19.4. The van der Waals surface area contributed by atoms with Gasteiger partial charge in [-0.05, 0) is 54.2 Å². The molecule has 2 heteroatoms. The number of rotatable bonds is 5. The van der Waals surface area contributed by atoms with Gasteiger partial charge in [0.15, 0.2) is 0 Å². The summed E-state index contributed by atoms with van der Waals surface area (Å²) in [5.41, 5.74) is 4.02. The monoisotopic (exact) mass is 396 g/mol. The molecule has 1 saturated heterocycles. The second-order valence-corrected chi connectivity index (χ2v) is 10.1. The molecule has 0 amide bonds. The summed E-state index contributed by atoms with van der Waals surface area (Å²) in [7, 11) is 0. The molecule has 1 N–H and O–H groups in total. The molecule has 29 heavy (non-hydrogen) atoms. The molecule has 3 rings (SSSR count). The van der Waals surface area contributed by atoms with E-state index in [-0.39, 0.29) is 0 Å². The average Bonchev–Trinajstić information content (AvgIpc) is 2.86. The van der Waals surface area contributed by atoms with Gasteiger partial charge in [0, 0.05) is 12.3 Å². The number of para-hydroxylation sites is 1. The Balaban J connectivity index is 1.82. The zero-order valence-corrected chi connectivity index (χ0v) is 19.4. The summed E-state index contributed by atoms with van der Waals surface area (Å²) in [5.74, 6) is 2.65. The Labute approximate surface area is 180 Å². The van der Waals surface area contributed by atoms with E-state index in [4.69, 9.17) is 4.99 Å². The van der Waals surface area contributed by atoms with Gasteiger partial charge in [-0.15, -0.1) is 0 Å². The van der Waals surface area contributed by atoms with Crippen LogP contribution in [-0.4, -0.2) is 18.8 Å². The molecule has 2 nitrogen and oxygen atoms in total. The van der Waals surface area contributed by atoms with Crippen LogP contribution in [0.25, 0.3) is 0 Å². The fourth-order valence-corrected chi connectivity index (χ4v) is 5.54. The Morgan fingerprint density at radius 2 is 1.41 bits per heavy atom. The van der Waals surface area contributed by atoms with Crippen LogP contribution in [0, 0.1) is 11.8 Å². The molecular weight excluding hydrogens is 352 g/mol. The van der Waals surface area contributed by atoms with Crippen molar-refractivity contribution in [2.45, 2.75) is 110 Å². The first-order valence-corrected chi connectivity index (χ1v) is 12.5. The fourth-order valence-electron chi connectivity index (χ4n) is 5.54. The first-order chi connectivity index (χ1) is 14.1. The molecule has 2 aliphatic rings. The summed E-state index contributed by atoms with van der Waals surface area (Å²) >= 11 is 0. The first kappa shape index (κ1) is 22.5. The Bertz CT molecular complexity index is 610. The Morgan fingerprint density at radius 1 is 0.828 bits per heavy atom. The van der Waals surface area contributed by atoms with E-state index < -0.39 is 0 Å². The zero-order chi connectivity index (χ0) is 20.6. The van der Waals surface area contributed by atoms with Crippen LogP contribution in [0.3, 0.4) is 0 Å². The van der Waals surface area contributed by atoms with Crippen LogP contribution in [0.5, 0.6) is 0 Å². The van der Waals surface area contributed by atoms with Crippen LogP contribution in [0.4, 0.5) is 5.69 Å². The third kappa shape index (κ3) is 6.17. The maximum Gasteiger partial charge on any atom is 0.0695 e. The first-order valence-electron chi connectivity index (χ1n) is 12.5. The lowest BCUT2D eigenvalue weighted by atomic mass is 9.76. The largest absolute Gasteiger partial charge is 0.309 e. The molecule has 0 aromatic heterocycles. The van der Waals surface area contributed by atoms with Crippen LogP contribution >= 0.6 is 0 Å². The summed E-state index contributed by atoms with van der Waals surface area (Å²) in [4.78, 5) is 5.19. The highest BCUT2D eigenvalue weighted by Gasteiger charge is 2.30. The van der Waals surface area contributed by atoms with E-state index >= 15 is 0 Å². The van der Waals surface area contributed by atoms with E-state index in [1.165, 1.54) is 81.0 Å². The highest BCUT2D eigenvalue weighted by atomic mass is 14.9. The predicted molar refractivity (Wildman–Crippen MR) is 128 cm³/mol. The van der Waals surface area contributed by atoms with Gasteiger partial charge in [0.05, 0.1) is 5.69 Å². The molecule has 2 unspecified atom stereocenters. The van der Waals surface area contributed by atoms with Crippen molar-refractivity contribution >= 4 is 11.9 Å². The Morgan fingerprint density at radius 3 is 2.00 bits per heavy atom. The molecule has 1 saturated carbocycles. The van der Waals surface area contributed by atoms with Crippen molar-refractivity contribution in [3.8, 4) is 0 Å². The Kier molecular flexibility index (Phi) is 8.78. The van der Waals surface area contributed by atoms with E-state index in [2.05, 4.69) is 57.4 Å². The van der Waals surface area contributed by atoms with Gasteiger partial charge in [-0.1, -0.05) is 97.3 Å². The predicted octanol–water partition coefficient (Wildman–Crippen LogP) is 7.75. The summed E-state index contributed by atoms with van der Waals surface area (Å²) in [5, 5.41) is 3.84. The minimum Gasteiger partial charge on any atom is -0.309 e. The standard InChI is InChI=1S/C27H44N2/c1-20(2)23-15-11-16-24(21(3)4)27(23)29-19-26-25(17-12-18-28-26)22-13-9-7-5-6-8-10-14-22/h11,15-16,19-22,25-26,28H,5-10,12-14,17-18H2,1-4H3. The van der Waals surface area contributed by atoms with Crippen LogP contribution in [0.1, 0.15) is 115 Å². The van der Waals surface area contributed by atoms with Crippen LogP contribution in [0.2, 0.25) is 0 Å². The van der Waals surface area contributed by atoms with Crippen molar-refractivity contribution in [2.24, 2.45) is 16.8 Å². The van der Waals surface area contributed by atoms with Crippen molar-refractivity contribution in [3.63, 3.8) is 0 Å². The van der Waals surface area contributed by atoms with E-state index in [0.29, 0.717) is 17.9 Å². The van der Waals surface area contributed by atoms with Gasteiger partial charge in [-0.3, -0.25) is 4.99 Å². The van der Waals surface area contributed by atoms with Gasteiger partial charge in [0.25, 0.3) is 0 Å². The van der Waals surface area contributed by atoms with Gasteiger partial charge >= 0.3 is 0 Å². The molecule has 1 aliphatic carbocycles.